The fourth-order valence-corrected chi connectivity index (χ4v) is 2.36. The molecule has 1 unspecified atom stereocenters. The van der Waals surface area contributed by atoms with E-state index in [0.717, 1.165) is 13.0 Å². The molecule has 0 amide bonds. The summed E-state index contributed by atoms with van der Waals surface area (Å²) in [5.74, 6) is 0.808. The van der Waals surface area contributed by atoms with Crippen molar-refractivity contribution in [2.45, 2.75) is 18.9 Å². The summed E-state index contributed by atoms with van der Waals surface area (Å²) in [7, 11) is 1.97. The van der Waals surface area contributed by atoms with Gasteiger partial charge >= 0.3 is 0 Å². The number of nitrogens with zero attached hydrogens (tertiary/aromatic N) is 1. The van der Waals surface area contributed by atoms with E-state index in [0.29, 0.717) is 12.1 Å². The Morgan fingerprint density at radius 3 is 2.58 bits per heavy atom. The summed E-state index contributed by atoms with van der Waals surface area (Å²) in [4.78, 5) is 2.08. The number of phenols is 2. The number of hydrogen-bond donors (Lipinski definition) is 3. The number of unbranched alkanes of at least 4 members (excludes halogenated alkanes) is 1. The Bertz CT molecular complexity index is 387. The summed E-state index contributed by atoms with van der Waals surface area (Å²) in [5.41, 5.74) is 0.617. The van der Waals surface area contributed by atoms with Crippen molar-refractivity contribution >= 4 is 11.8 Å². The molecule has 0 spiro atoms. The minimum atomic E-state index is -0.656. The number of aromatic hydroxyl groups is 2. The zero-order chi connectivity index (χ0) is 14.3. The second kappa shape index (κ2) is 8.30. The third-order valence-electron chi connectivity index (χ3n) is 3.01. The van der Waals surface area contributed by atoms with E-state index in [2.05, 4.69) is 11.2 Å². The van der Waals surface area contributed by atoms with Crippen LogP contribution in [0.15, 0.2) is 18.2 Å². The van der Waals surface area contributed by atoms with Gasteiger partial charge in [0.25, 0.3) is 0 Å². The third kappa shape index (κ3) is 5.72. The Morgan fingerprint density at radius 1 is 1.21 bits per heavy atom. The average Bonchev–Trinajstić information content (AvgIpc) is 2.38. The van der Waals surface area contributed by atoms with Gasteiger partial charge in [-0.1, -0.05) is 6.07 Å². The van der Waals surface area contributed by atoms with E-state index in [1.807, 2.05) is 18.8 Å². The molecule has 5 heteroatoms. The van der Waals surface area contributed by atoms with Gasteiger partial charge in [0.2, 0.25) is 0 Å². The molecule has 1 aromatic rings. The van der Waals surface area contributed by atoms with Gasteiger partial charge in [0.05, 0.1) is 6.10 Å². The number of aliphatic hydroxyl groups is 1. The minimum absolute atomic E-state index is 0.165. The molecule has 1 atom stereocenters. The first-order chi connectivity index (χ1) is 9.04. The smallest absolute Gasteiger partial charge is 0.157 e. The lowest BCUT2D eigenvalue weighted by molar-refractivity contribution is 0.126. The number of thioether (sulfide) groups is 1. The molecular formula is C14H23NO3S. The maximum atomic E-state index is 10.1. The summed E-state index contributed by atoms with van der Waals surface area (Å²) in [6.07, 6.45) is 3.74. The van der Waals surface area contributed by atoms with Crippen molar-refractivity contribution in [1.82, 2.24) is 4.90 Å². The van der Waals surface area contributed by atoms with Gasteiger partial charge in [0.15, 0.2) is 11.5 Å². The predicted octanol–water partition coefficient (Wildman–Crippen LogP) is 2.21. The third-order valence-corrected chi connectivity index (χ3v) is 3.70. The number of phenolic OH excluding ortho intramolecular Hbond substituents is 2. The second-order valence-corrected chi connectivity index (χ2v) is 5.71. The topological polar surface area (TPSA) is 63.9 Å². The first kappa shape index (κ1) is 16.1. The van der Waals surface area contributed by atoms with Crippen LogP contribution in [0.3, 0.4) is 0 Å². The van der Waals surface area contributed by atoms with Crippen molar-refractivity contribution in [3.05, 3.63) is 23.8 Å². The van der Waals surface area contributed by atoms with E-state index in [9.17, 15) is 15.3 Å². The molecule has 1 aromatic carbocycles. The molecule has 0 radical (unpaired) electrons. The molecule has 4 nitrogen and oxygen atoms in total. The molecule has 1 rings (SSSR count). The zero-order valence-electron chi connectivity index (χ0n) is 11.5. The number of aliphatic hydroxyl groups excluding tert-OH is 1. The summed E-state index contributed by atoms with van der Waals surface area (Å²) in [6, 6.07) is 4.43. The summed E-state index contributed by atoms with van der Waals surface area (Å²) >= 11 is 1.85. The summed E-state index contributed by atoms with van der Waals surface area (Å²) in [5, 5.41) is 28.7. The van der Waals surface area contributed by atoms with Crippen LogP contribution in [0, 0.1) is 0 Å². The Balaban J connectivity index is 2.40. The van der Waals surface area contributed by atoms with E-state index >= 15 is 0 Å². The van der Waals surface area contributed by atoms with Crippen LogP contribution in [0.4, 0.5) is 0 Å². The van der Waals surface area contributed by atoms with E-state index in [4.69, 9.17) is 0 Å². The maximum Gasteiger partial charge on any atom is 0.157 e. The van der Waals surface area contributed by atoms with Gasteiger partial charge in [-0.25, -0.2) is 0 Å². The molecule has 0 aliphatic rings. The summed E-state index contributed by atoms with van der Waals surface area (Å²) < 4.78 is 0. The summed E-state index contributed by atoms with van der Waals surface area (Å²) in [6.45, 7) is 1.46. The van der Waals surface area contributed by atoms with Crippen molar-refractivity contribution in [3.8, 4) is 11.5 Å². The average molecular weight is 285 g/mol. The first-order valence-corrected chi connectivity index (χ1v) is 7.81. The number of hydrogen-bond acceptors (Lipinski definition) is 5. The van der Waals surface area contributed by atoms with Crippen LogP contribution in [0.25, 0.3) is 0 Å². The van der Waals surface area contributed by atoms with Crippen LogP contribution in [0.2, 0.25) is 0 Å². The lowest BCUT2D eigenvalue weighted by Gasteiger charge is -2.20. The molecule has 0 saturated heterocycles. The fraction of sp³-hybridized carbons (Fsp3) is 0.571. The van der Waals surface area contributed by atoms with Crippen LogP contribution in [0.1, 0.15) is 24.5 Å². The first-order valence-electron chi connectivity index (χ1n) is 6.42. The van der Waals surface area contributed by atoms with Gasteiger partial charge in [-0.2, -0.15) is 11.8 Å². The second-order valence-electron chi connectivity index (χ2n) is 4.73. The standard InChI is InChI=1S/C14H23NO3S/c1-15(7-3-4-8-19-2)10-14(18)11-5-6-12(16)13(17)9-11/h5-6,9,14,16-18H,3-4,7-8,10H2,1-2H3. The number of likely N-dealkylation sites (N-methyl/N-ethyl adjacent to an activating group) is 1. The Labute approximate surface area is 119 Å². The fourth-order valence-electron chi connectivity index (χ4n) is 1.87. The molecule has 0 fully saturated rings. The molecule has 19 heavy (non-hydrogen) atoms. The highest BCUT2D eigenvalue weighted by atomic mass is 32.2. The predicted molar refractivity (Wildman–Crippen MR) is 79.8 cm³/mol. The maximum absolute atomic E-state index is 10.1. The molecule has 0 saturated carbocycles. The lowest BCUT2D eigenvalue weighted by Crippen LogP contribution is -2.25. The van der Waals surface area contributed by atoms with E-state index in [1.165, 1.54) is 24.3 Å². The highest BCUT2D eigenvalue weighted by Gasteiger charge is 2.12. The number of benzene rings is 1. The molecule has 0 aliphatic carbocycles. The van der Waals surface area contributed by atoms with Gasteiger partial charge in [-0.3, -0.25) is 0 Å². The molecule has 0 aromatic heterocycles. The minimum Gasteiger partial charge on any atom is -0.504 e. The molecule has 108 valence electrons. The molecule has 0 bridgehead atoms. The highest BCUT2D eigenvalue weighted by Crippen LogP contribution is 2.27. The SMILES string of the molecule is CSCCCCN(C)CC(O)c1ccc(O)c(O)c1. The van der Waals surface area contributed by atoms with Gasteiger partial charge in [-0.05, 0) is 56.1 Å². The van der Waals surface area contributed by atoms with Gasteiger partial charge < -0.3 is 20.2 Å². The molecule has 0 aliphatic heterocycles. The van der Waals surface area contributed by atoms with Crippen molar-refractivity contribution in [3.63, 3.8) is 0 Å². The molecule has 0 heterocycles. The van der Waals surface area contributed by atoms with E-state index in [-0.39, 0.29) is 11.5 Å². The van der Waals surface area contributed by atoms with E-state index in [1.54, 1.807) is 6.07 Å². The highest BCUT2D eigenvalue weighted by molar-refractivity contribution is 7.98. The van der Waals surface area contributed by atoms with Gasteiger partial charge in [0.1, 0.15) is 0 Å². The molecular weight excluding hydrogens is 262 g/mol. The van der Waals surface area contributed by atoms with Crippen LogP contribution in [0.5, 0.6) is 11.5 Å². The lowest BCUT2D eigenvalue weighted by atomic mass is 10.1. The quantitative estimate of drug-likeness (QED) is 0.505. The Kier molecular flexibility index (Phi) is 7.05. The monoisotopic (exact) mass is 285 g/mol. The van der Waals surface area contributed by atoms with Crippen molar-refractivity contribution in [2.75, 3.05) is 32.1 Å². The largest absolute Gasteiger partial charge is 0.504 e. The van der Waals surface area contributed by atoms with Crippen molar-refractivity contribution < 1.29 is 15.3 Å². The zero-order valence-corrected chi connectivity index (χ0v) is 12.4. The number of rotatable bonds is 8. The Morgan fingerprint density at radius 2 is 1.95 bits per heavy atom. The van der Waals surface area contributed by atoms with Crippen LogP contribution < -0.4 is 0 Å². The molecule has 3 N–H and O–H groups in total. The van der Waals surface area contributed by atoms with E-state index < -0.39 is 6.10 Å². The van der Waals surface area contributed by atoms with Crippen LogP contribution in [-0.4, -0.2) is 52.4 Å². The van der Waals surface area contributed by atoms with Crippen LogP contribution in [-0.2, 0) is 0 Å². The normalized spacial score (nSPS) is 12.8. The van der Waals surface area contributed by atoms with Gasteiger partial charge in [-0.15, -0.1) is 0 Å². The van der Waals surface area contributed by atoms with Crippen molar-refractivity contribution in [1.29, 1.82) is 0 Å². The van der Waals surface area contributed by atoms with Crippen molar-refractivity contribution in [2.24, 2.45) is 0 Å². The van der Waals surface area contributed by atoms with Crippen LogP contribution >= 0.6 is 11.8 Å². The van der Waals surface area contributed by atoms with Gasteiger partial charge in [0, 0.05) is 6.54 Å². The Hall–Kier alpha value is -0.910.